The number of thioether (sulfide) groups is 4. The number of carbonyl (C=O) groups is 7. The monoisotopic (exact) mass is 901 g/mol. The molecule has 3 aromatic heterocycles. The molecule has 0 bridgehead atoms. The number of nitrogens with zero attached hydrogens (tertiary/aromatic N) is 9. The molecule has 4 N–H and O–H groups in total. The van der Waals surface area contributed by atoms with E-state index in [0.29, 0.717) is 28.4 Å². The average Bonchev–Trinajstić information content (AvgIpc) is 3.87. The SMILES string of the molecule is CC(=O)OCC1=C(C(=O)O)N2C(=O)[C@@H](NC(=O)CSc3ccncc3)[C@H]2SC1.Cc1nnc(SCC2=C(C(=O)O)N3C(=O)[C@@H](NC(=O)Cn4cnnn4)[C@H]3SC2)s1.[NaH]. The zero-order chi connectivity index (χ0) is 40.8. The molecule has 0 aromatic carbocycles. The van der Waals surface area contributed by atoms with E-state index in [2.05, 4.69) is 41.3 Å². The number of amides is 4. The third-order valence-electron chi connectivity index (χ3n) is 8.18. The fraction of sp³-hybridized carbons (Fsp3) is 0.387. The fourth-order valence-electron chi connectivity index (χ4n) is 5.68. The number of ether oxygens (including phenoxy) is 1. The number of pyridine rings is 1. The van der Waals surface area contributed by atoms with Crippen LogP contribution < -0.4 is 10.6 Å². The summed E-state index contributed by atoms with van der Waals surface area (Å²) >= 11 is 6.88. The van der Waals surface area contributed by atoms with Crippen LogP contribution in [0.3, 0.4) is 0 Å². The Bertz CT molecular complexity index is 2140. The minimum absolute atomic E-state index is 0. The molecule has 7 rings (SSSR count). The van der Waals surface area contributed by atoms with E-state index in [4.69, 9.17) is 4.74 Å². The van der Waals surface area contributed by atoms with Gasteiger partial charge in [0.1, 0.15) is 58.7 Å². The van der Waals surface area contributed by atoms with Crippen LogP contribution in [0.4, 0.5) is 0 Å². The van der Waals surface area contributed by atoms with Gasteiger partial charge in [0, 0.05) is 47.0 Å². The van der Waals surface area contributed by atoms with Gasteiger partial charge in [-0.2, -0.15) is 0 Å². The van der Waals surface area contributed by atoms with E-state index in [-0.39, 0.29) is 65.8 Å². The maximum atomic E-state index is 12.6. The summed E-state index contributed by atoms with van der Waals surface area (Å²) in [7, 11) is 0. The number of carboxylic acid groups (broad SMARTS) is 2. The standard InChI is InChI=1S/C17H17N3O6S2.C14H14N8O4S3.Na.H/c1-9(21)26-6-10-7-28-16-13(15(23)20(16)14(10)17(24)25)19-12(22)8-27-11-2-4-18-5-3-11;1-6-17-18-14(29-6)28-4-7-3-27-12-9(11(24)22(12)10(7)13(25)26)16-8(23)2-21-5-15-19-20-21;;/h2-5,13,16H,6-8H2,1H3,(H,19,22)(H,24,25);5,9,12H,2-4H2,1H3,(H,16,23)(H,25,26);;/t13-,16-;9-,12-;;/m11../s1. The zero-order valence-corrected chi connectivity index (χ0v) is 33.7. The van der Waals surface area contributed by atoms with Crippen LogP contribution in [0.5, 0.6) is 0 Å². The maximum absolute atomic E-state index is 12.6. The van der Waals surface area contributed by atoms with Gasteiger partial charge in [-0.15, -0.1) is 50.6 Å². The summed E-state index contributed by atoms with van der Waals surface area (Å²) in [6, 6.07) is 2.00. The second kappa shape index (κ2) is 20.3. The first kappa shape index (κ1) is 45.0. The van der Waals surface area contributed by atoms with Gasteiger partial charge in [-0.05, 0) is 35.1 Å². The third kappa shape index (κ3) is 10.6. The van der Waals surface area contributed by atoms with Gasteiger partial charge in [-0.25, -0.2) is 14.3 Å². The molecule has 0 aliphatic carbocycles. The van der Waals surface area contributed by atoms with Crippen molar-refractivity contribution in [2.24, 2.45) is 0 Å². The average molecular weight is 902 g/mol. The van der Waals surface area contributed by atoms with Crippen molar-refractivity contribution < 1.29 is 48.5 Å². The number of carboxylic acids is 2. The van der Waals surface area contributed by atoms with Crippen LogP contribution in [0, 0.1) is 6.92 Å². The van der Waals surface area contributed by atoms with Gasteiger partial charge >= 0.3 is 47.5 Å². The molecule has 0 unspecified atom stereocenters. The van der Waals surface area contributed by atoms with Gasteiger partial charge in [-0.3, -0.25) is 38.8 Å². The van der Waals surface area contributed by atoms with Crippen LogP contribution in [0.15, 0.2) is 62.6 Å². The molecular formula is C31H32N11NaO10S5. The number of aromatic nitrogens is 7. The van der Waals surface area contributed by atoms with Gasteiger partial charge in [0.05, 0.1) is 5.75 Å². The number of tetrazole rings is 1. The predicted octanol–water partition coefficient (Wildman–Crippen LogP) is -0.809. The van der Waals surface area contributed by atoms with E-state index < -0.39 is 58.5 Å². The fourth-order valence-corrected chi connectivity index (χ4v) is 11.0. The Kier molecular flexibility index (Phi) is 15.7. The van der Waals surface area contributed by atoms with Crippen molar-refractivity contribution in [1.29, 1.82) is 0 Å². The van der Waals surface area contributed by atoms with E-state index in [1.165, 1.54) is 81.2 Å². The van der Waals surface area contributed by atoms with Crippen LogP contribution in [-0.2, 0) is 44.8 Å². The quantitative estimate of drug-likeness (QED) is 0.0666. The molecular weight excluding hydrogens is 870 g/mol. The molecule has 0 spiro atoms. The molecule has 0 saturated carbocycles. The van der Waals surface area contributed by atoms with Crippen LogP contribution in [0.1, 0.15) is 11.9 Å². The number of carbonyl (C=O) groups excluding carboxylic acids is 5. The van der Waals surface area contributed by atoms with Crippen molar-refractivity contribution in [2.75, 3.05) is 29.6 Å². The van der Waals surface area contributed by atoms with Gasteiger partial charge < -0.3 is 25.6 Å². The number of rotatable bonds is 14. The Balaban J connectivity index is 0.000000217. The number of hydrogen-bond acceptors (Lipinski definition) is 19. The molecule has 3 aromatic rings. The third-order valence-corrected chi connectivity index (χ3v) is 13.9. The molecule has 7 heterocycles. The van der Waals surface area contributed by atoms with Gasteiger partial charge in [-0.1, -0.05) is 23.1 Å². The molecule has 0 radical (unpaired) electrons. The summed E-state index contributed by atoms with van der Waals surface area (Å²) in [4.78, 5) is 91.0. The summed E-state index contributed by atoms with van der Waals surface area (Å²) in [5.74, 6) is -3.36. The number of aryl methyl sites for hydroxylation is 1. The Labute approximate surface area is 371 Å². The van der Waals surface area contributed by atoms with Crippen molar-refractivity contribution in [3.63, 3.8) is 0 Å². The van der Waals surface area contributed by atoms with Crippen LogP contribution in [0.2, 0.25) is 0 Å². The van der Waals surface area contributed by atoms with Crippen molar-refractivity contribution >= 4 is 129 Å². The minimum atomic E-state index is -1.26. The summed E-state index contributed by atoms with van der Waals surface area (Å²) in [5.41, 5.74) is 0.809. The van der Waals surface area contributed by atoms with E-state index in [0.717, 1.165) is 19.1 Å². The molecule has 4 aliphatic heterocycles. The first-order chi connectivity index (χ1) is 27.3. The number of esters is 1. The number of nitrogens with one attached hydrogen (secondary N) is 2. The predicted molar refractivity (Wildman–Crippen MR) is 211 cm³/mol. The Morgan fingerprint density at radius 2 is 1.50 bits per heavy atom. The Morgan fingerprint density at radius 1 is 0.897 bits per heavy atom. The molecule has 302 valence electrons. The summed E-state index contributed by atoms with van der Waals surface area (Å²) in [6.07, 6.45) is 4.54. The van der Waals surface area contributed by atoms with Crippen molar-refractivity contribution in [3.05, 3.63) is 58.4 Å². The molecule has 21 nitrogen and oxygen atoms in total. The van der Waals surface area contributed by atoms with Gasteiger partial charge in [0.25, 0.3) is 11.8 Å². The molecule has 4 amide bonds. The van der Waals surface area contributed by atoms with E-state index in [1.807, 2.05) is 6.92 Å². The second-order valence-electron chi connectivity index (χ2n) is 12.1. The summed E-state index contributed by atoms with van der Waals surface area (Å²) < 4.78 is 6.86. The topological polar surface area (TPSA) is 282 Å². The number of β-lactam (4-membered cyclic amide) rings is 2. The first-order valence-electron chi connectivity index (χ1n) is 16.5. The normalized spacial score (nSPS) is 20.6. The zero-order valence-electron chi connectivity index (χ0n) is 29.7. The van der Waals surface area contributed by atoms with Gasteiger partial charge in [0.2, 0.25) is 11.8 Å². The summed E-state index contributed by atoms with van der Waals surface area (Å²) in [6.45, 7) is 2.76. The molecule has 4 aliphatic rings. The molecule has 2 saturated heterocycles. The number of fused-ring (bicyclic) bond motifs is 2. The van der Waals surface area contributed by atoms with Crippen molar-refractivity contribution in [1.82, 2.24) is 55.8 Å². The Morgan fingerprint density at radius 3 is 2.05 bits per heavy atom. The number of hydrogen-bond donors (Lipinski definition) is 4. The second-order valence-corrected chi connectivity index (χ2v) is 17.7. The molecule has 58 heavy (non-hydrogen) atoms. The Hall–Kier alpha value is -4.05. The molecule has 4 atom stereocenters. The van der Waals surface area contributed by atoms with Crippen molar-refractivity contribution in [2.45, 2.75) is 52.5 Å². The van der Waals surface area contributed by atoms with E-state index in [9.17, 15) is 43.8 Å². The summed E-state index contributed by atoms with van der Waals surface area (Å²) in [5, 5.41) is 42.8. The van der Waals surface area contributed by atoms with Crippen LogP contribution >= 0.6 is 58.4 Å². The van der Waals surface area contributed by atoms with Crippen LogP contribution in [0.25, 0.3) is 0 Å². The van der Waals surface area contributed by atoms with E-state index in [1.54, 1.807) is 24.5 Å². The van der Waals surface area contributed by atoms with Gasteiger partial charge in [0.15, 0.2) is 4.34 Å². The van der Waals surface area contributed by atoms with Crippen molar-refractivity contribution in [3.8, 4) is 0 Å². The first-order valence-corrected chi connectivity index (χ1v) is 21.4. The number of aliphatic carboxylic acids is 2. The van der Waals surface area contributed by atoms with Crippen LogP contribution in [-0.4, -0.2) is 179 Å². The molecule has 2 fully saturated rings. The molecule has 27 heteroatoms. The van der Waals surface area contributed by atoms with E-state index >= 15 is 0 Å².